The summed E-state index contributed by atoms with van der Waals surface area (Å²) in [5.41, 5.74) is 1.77. The van der Waals surface area contributed by atoms with E-state index < -0.39 is 10.0 Å². The highest BCUT2D eigenvalue weighted by molar-refractivity contribution is 7.92. The van der Waals surface area contributed by atoms with Gasteiger partial charge in [-0.05, 0) is 48.7 Å². The van der Waals surface area contributed by atoms with Crippen molar-refractivity contribution in [3.8, 4) is 5.75 Å². The van der Waals surface area contributed by atoms with E-state index >= 15 is 0 Å². The molecule has 1 aliphatic heterocycles. The van der Waals surface area contributed by atoms with Gasteiger partial charge in [-0.15, -0.1) is 0 Å². The highest BCUT2D eigenvalue weighted by Crippen LogP contribution is 2.32. The molecule has 0 saturated carbocycles. The quantitative estimate of drug-likeness (QED) is 0.706. The number of hydrogen-bond acceptors (Lipinski definition) is 4. The molecule has 0 radical (unpaired) electrons. The van der Waals surface area contributed by atoms with Gasteiger partial charge >= 0.3 is 0 Å². The zero-order valence-corrected chi connectivity index (χ0v) is 16.2. The van der Waals surface area contributed by atoms with Crippen molar-refractivity contribution < 1.29 is 17.9 Å². The van der Waals surface area contributed by atoms with Crippen LogP contribution in [0.3, 0.4) is 0 Å². The molecule has 0 unspecified atom stereocenters. The number of carbonyl (C=O) groups is 1. The molecule has 0 spiro atoms. The van der Waals surface area contributed by atoms with E-state index in [2.05, 4.69) is 12.2 Å². The topological polar surface area (TPSA) is 75.7 Å². The lowest BCUT2D eigenvalue weighted by Crippen LogP contribution is -2.29. The molecule has 1 N–H and O–H groups in total. The van der Waals surface area contributed by atoms with Crippen LogP contribution in [0.2, 0.25) is 0 Å². The van der Waals surface area contributed by atoms with Crippen molar-refractivity contribution in [1.29, 1.82) is 0 Å². The van der Waals surface area contributed by atoms with Crippen molar-refractivity contribution in [3.05, 3.63) is 54.1 Å². The van der Waals surface area contributed by atoms with E-state index in [4.69, 9.17) is 4.74 Å². The Kier molecular flexibility index (Phi) is 6.01. The Morgan fingerprint density at radius 3 is 2.63 bits per heavy atom. The fourth-order valence-electron chi connectivity index (χ4n) is 3.00. The molecule has 1 aliphatic rings. The first-order chi connectivity index (χ1) is 13.0. The first-order valence-corrected chi connectivity index (χ1v) is 10.6. The lowest BCUT2D eigenvalue weighted by molar-refractivity contribution is -0.123. The molecule has 1 amide bonds. The Balaban J connectivity index is 1.64. The zero-order valence-electron chi connectivity index (χ0n) is 15.3. The molecule has 7 heteroatoms. The maximum absolute atomic E-state index is 12.9. The maximum atomic E-state index is 12.9. The largest absolute Gasteiger partial charge is 0.484 e. The summed E-state index contributed by atoms with van der Waals surface area (Å²) in [4.78, 5) is 11.9. The number of unbranched alkanes of at least 4 members (excludes halogenated alkanes) is 1. The van der Waals surface area contributed by atoms with Crippen LogP contribution in [0.1, 0.15) is 25.3 Å². The molecule has 27 heavy (non-hydrogen) atoms. The number of rotatable bonds is 8. The van der Waals surface area contributed by atoms with Crippen molar-refractivity contribution >= 4 is 21.6 Å². The number of para-hydroxylation sites is 1. The summed E-state index contributed by atoms with van der Waals surface area (Å²) in [5, 5.41) is 2.77. The monoisotopic (exact) mass is 388 g/mol. The van der Waals surface area contributed by atoms with Gasteiger partial charge in [-0.3, -0.25) is 9.10 Å². The van der Waals surface area contributed by atoms with E-state index in [1.54, 1.807) is 12.1 Å². The van der Waals surface area contributed by atoms with Crippen LogP contribution < -0.4 is 14.4 Å². The molecule has 3 rings (SSSR count). The average molecular weight is 388 g/mol. The van der Waals surface area contributed by atoms with Crippen LogP contribution in [-0.4, -0.2) is 34.0 Å². The fraction of sp³-hybridized carbons (Fsp3) is 0.350. The van der Waals surface area contributed by atoms with Crippen molar-refractivity contribution in [2.24, 2.45) is 0 Å². The van der Waals surface area contributed by atoms with Crippen molar-refractivity contribution in [2.45, 2.75) is 31.1 Å². The number of ether oxygens (including phenoxy) is 1. The molecule has 6 nitrogen and oxygen atoms in total. The number of nitrogens with one attached hydrogen (secondary N) is 1. The van der Waals surface area contributed by atoms with Gasteiger partial charge in [0, 0.05) is 13.1 Å². The number of carbonyl (C=O) groups excluding carboxylic acids is 1. The standard InChI is InChI=1S/C20H24N2O4S/c1-2-3-13-21-20(23)15-26-17-8-10-18(11-9-17)27(24,25)22-14-12-16-6-4-5-7-19(16)22/h4-11H,2-3,12-15H2,1H3,(H,21,23). The molecule has 0 aliphatic carbocycles. The van der Waals surface area contributed by atoms with Crippen molar-refractivity contribution in [3.63, 3.8) is 0 Å². The lowest BCUT2D eigenvalue weighted by atomic mass is 10.2. The van der Waals surface area contributed by atoms with Crippen LogP contribution in [0.25, 0.3) is 0 Å². The van der Waals surface area contributed by atoms with Crippen LogP contribution in [0.4, 0.5) is 5.69 Å². The average Bonchev–Trinajstić information content (AvgIpc) is 3.12. The molecule has 144 valence electrons. The van der Waals surface area contributed by atoms with Gasteiger partial charge in [-0.2, -0.15) is 0 Å². The van der Waals surface area contributed by atoms with E-state index in [9.17, 15) is 13.2 Å². The Bertz CT molecular complexity index is 894. The zero-order chi connectivity index (χ0) is 19.3. The normalized spacial score (nSPS) is 13.3. The summed E-state index contributed by atoms with van der Waals surface area (Å²) in [7, 11) is -3.62. The summed E-state index contributed by atoms with van der Waals surface area (Å²) >= 11 is 0. The molecule has 2 aromatic rings. The minimum atomic E-state index is -3.62. The third-order valence-corrected chi connectivity index (χ3v) is 6.31. The number of benzene rings is 2. The summed E-state index contributed by atoms with van der Waals surface area (Å²) in [6.45, 7) is 3.04. The molecule has 0 bridgehead atoms. The molecule has 0 aromatic heterocycles. The molecular formula is C20H24N2O4S. The SMILES string of the molecule is CCCCNC(=O)COc1ccc(S(=O)(=O)N2CCc3ccccc32)cc1. The first-order valence-electron chi connectivity index (χ1n) is 9.12. The van der Waals surface area contributed by atoms with Crippen molar-refractivity contribution in [1.82, 2.24) is 5.32 Å². The molecule has 1 heterocycles. The van der Waals surface area contributed by atoms with Gasteiger partial charge < -0.3 is 10.1 Å². The summed E-state index contributed by atoms with van der Waals surface area (Å²) in [6, 6.07) is 13.7. The van der Waals surface area contributed by atoms with Crippen LogP contribution in [0.15, 0.2) is 53.4 Å². The van der Waals surface area contributed by atoms with Gasteiger partial charge in [0.15, 0.2) is 6.61 Å². The first kappa shape index (κ1) is 19.2. The van der Waals surface area contributed by atoms with Gasteiger partial charge in [-0.1, -0.05) is 31.5 Å². The Morgan fingerprint density at radius 2 is 1.89 bits per heavy atom. The predicted molar refractivity (Wildman–Crippen MR) is 105 cm³/mol. The number of fused-ring (bicyclic) bond motifs is 1. The fourth-order valence-corrected chi connectivity index (χ4v) is 4.50. The Hall–Kier alpha value is -2.54. The summed E-state index contributed by atoms with van der Waals surface area (Å²) < 4.78 is 32.8. The maximum Gasteiger partial charge on any atom is 0.264 e. The molecular weight excluding hydrogens is 364 g/mol. The van der Waals surface area contributed by atoms with Crippen LogP contribution in [0, 0.1) is 0 Å². The third kappa shape index (κ3) is 4.42. The second-order valence-electron chi connectivity index (χ2n) is 6.42. The Labute approximate surface area is 160 Å². The minimum Gasteiger partial charge on any atom is -0.484 e. The third-order valence-electron chi connectivity index (χ3n) is 4.48. The van der Waals surface area contributed by atoms with E-state index in [-0.39, 0.29) is 17.4 Å². The second-order valence-corrected chi connectivity index (χ2v) is 8.28. The second kappa shape index (κ2) is 8.43. The molecule has 0 atom stereocenters. The molecule has 0 saturated heterocycles. The minimum absolute atomic E-state index is 0.0880. The smallest absolute Gasteiger partial charge is 0.264 e. The van der Waals surface area contributed by atoms with Gasteiger partial charge in [0.25, 0.3) is 15.9 Å². The van der Waals surface area contributed by atoms with E-state index in [0.717, 1.165) is 24.1 Å². The highest BCUT2D eigenvalue weighted by Gasteiger charge is 2.30. The number of nitrogens with zero attached hydrogens (tertiary/aromatic N) is 1. The Morgan fingerprint density at radius 1 is 1.15 bits per heavy atom. The summed E-state index contributed by atoms with van der Waals surface area (Å²) in [6.07, 6.45) is 2.65. The van der Waals surface area contributed by atoms with Gasteiger partial charge in [-0.25, -0.2) is 8.42 Å². The van der Waals surface area contributed by atoms with Crippen LogP contribution in [0.5, 0.6) is 5.75 Å². The number of sulfonamides is 1. The van der Waals surface area contributed by atoms with Crippen molar-refractivity contribution in [2.75, 3.05) is 24.0 Å². The highest BCUT2D eigenvalue weighted by atomic mass is 32.2. The lowest BCUT2D eigenvalue weighted by Gasteiger charge is -2.19. The van der Waals surface area contributed by atoms with Gasteiger partial charge in [0.1, 0.15) is 5.75 Å². The molecule has 2 aromatic carbocycles. The predicted octanol–water partition coefficient (Wildman–Crippen LogP) is 2.73. The summed E-state index contributed by atoms with van der Waals surface area (Å²) in [5.74, 6) is 0.273. The number of hydrogen-bond donors (Lipinski definition) is 1. The number of amides is 1. The molecule has 0 fully saturated rings. The van der Waals surface area contributed by atoms with Crippen LogP contribution in [-0.2, 0) is 21.2 Å². The van der Waals surface area contributed by atoms with E-state index in [1.165, 1.54) is 16.4 Å². The number of anilines is 1. The van der Waals surface area contributed by atoms with E-state index in [1.807, 2.05) is 24.3 Å². The van der Waals surface area contributed by atoms with Gasteiger partial charge in [0.05, 0.1) is 10.6 Å². The van der Waals surface area contributed by atoms with Crippen LogP contribution >= 0.6 is 0 Å². The van der Waals surface area contributed by atoms with Gasteiger partial charge in [0.2, 0.25) is 0 Å². The van der Waals surface area contributed by atoms with E-state index in [0.29, 0.717) is 25.3 Å².